The SMILES string of the molecule is CCOc1ccc(CNc2ccc(C(C)C)cc2)cc1. The van der Waals surface area contributed by atoms with Crippen LogP contribution in [0, 0.1) is 0 Å². The maximum atomic E-state index is 5.44. The number of nitrogens with one attached hydrogen (secondary N) is 1. The van der Waals surface area contributed by atoms with Gasteiger partial charge < -0.3 is 10.1 Å². The molecule has 0 spiro atoms. The van der Waals surface area contributed by atoms with Crippen LogP contribution in [0.3, 0.4) is 0 Å². The lowest BCUT2D eigenvalue weighted by Gasteiger charge is -2.10. The number of anilines is 1. The molecule has 2 nitrogen and oxygen atoms in total. The summed E-state index contributed by atoms with van der Waals surface area (Å²) in [4.78, 5) is 0. The Labute approximate surface area is 121 Å². The number of rotatable bonds is 6. The van der Waals surface area contributed by atoms with E-state index in [-0.39, 0.29) is 0 Å². The summed E-state index contributed by atoms with van der Waals surface area (Å²) in [5.41, 5.74) is 3.78. The summed E-state index contributed by atoms with van der Waals surface area (Å²) in [5, 5.41) is 3.44. The fraction of sp³-hybridized carbons (Fsp3) is 0.333. The zero-order chi connectivity index (χ0) is 14.4. The van der Waals surface area contributed by atoms with Crippen LogP contribution in [0.15, 0.2) is 48.5 Å². The summed E-state index contributed by atoms with van der Waals surface area (Å²) < 4.78 is 5.44. The van der Waals surface area contributed by atoms with Crippen LogP contribution in [0.5, 0.6) is 5.75 Å². The van der Waals surface area contributed by atoms with Crippen molar-refractivity contribution >= 4 is 5.69 Å². The van der Waals surface area contributed by atoms with Gasteiger partial charge in [0.05, 0.1) is 6.61 Å². The number of ether oxygens (including phenoxy) is 1. The molecular weight excluding hydrogens is 246 g/mol. The van der Waals surface area contributed by atoms with Gasteiger partial charge in [-0.2, -0.15) is 0 Å². The molecule has 2 aromatic carbocycles. The van der Waals surface area contributed by atoms with Crippen LogP contribution in [-0.2, 0) is 6.54 Å². The highest BCUT2D eigenvalue weighted by molar-refractivity contribution is 5.45. The van der Waals surface area contributed by atoms with E-state index >= 15 is 0 Å². The summed E-state index contributed by atoms with van der Waals surface area (Å²) in [5.74, 6) is 1.51. The van der Waals surface area contributed by atoms with Crippen molar-refractivity contribution < 1.29 is 4.74 Å². The van der Waals surface area contributed by atoms with E-state index < -0.39 is 0 Å². The Bertz CT molecular complexity index is 514. The second kappa shape index (κ2) is 6.99. The van der Waals surface area contributed by atoms with Crippen molar-refractivity contribution in [2.45, 2.75) is 33.2 Å². The number of hydrogen-bond acceptors (Lipinski definition) is 2. The first-order chi connectivity index (χ1) is 9.69. The van der Waals surface area contributed by atoms with Gasteiger partial charge in [-0.05, 0) is 48.2 Å². The van der Waals surface area contributed by atoms with E-state index in [0.29, 0.717) is 12.5 Å². The molecule has 0 radical (unpaired) electrons. The molecule has 106 valence electrons. The highest BCUT2D eigenvalue weighted by Gasteiger charge is 1.99. The molecule has 1 N–H and O–H groups in total. The first kappa shape index (κ1) is 14.4. The molecule has 0 aliphatic carbocycles. The van der Waals surface area contributed by atoms with Gasteiger partial charge in [-0.1, -0.05) is 38.1 Å². The summed E-state index contributed by atoms with van der Waals surface area (Å²) >= 11 is 0. The smallest absolute Gasteiger partial charge is 0.119 e. The Hall–Kier alpha value is -1.96. The molecule has 0 unspecified atom stereocenters. The Morgan fingerprint density at radius 2 is 1.60 bits per heavy atom. The molecule has 0 aromatic heterocycles. The highest BCUT2D eigenvalue weighted by Crippen LogP contribution is 2.18. The van der Waals surface area contributed by atoms with E-state index in [2.05, 4.69) is 55.6 Å². The van der Waals surface area contributed by atoms with Crippen LogP contribution in [0.2, 0.25) is 0 Å². The molecule has 20 heavy (non-hydrogen) atoms. The lowest BCUT2D eigenvalue weighted by atomic mass is 10.0. The summed E-state index contributed by atoms with van der Waals surface area (Å²) in [6.07, 6.45) is 0. The Morgan fingerprint density at radius 3 is 2.15 bits per heavy atom. The fourth-order valence-corrected chi connectivity index (χ4v) is 2.06. The third-order valence-corrected chi connectivity index (χ3v) is 3.31. The van der Waals surface area contributed by atoms with Crippen molar-refractivity contribution in [1.29, 1.82) is 0 Å². The minimum absolute atomic E-state index is 0.579. The zero-order valence-electron chi connectivity index (χ0n) is 12.5. The molecule has 0 bridgehead atoms. The van der Waals surface area contributed by atoms with Crippen LogP contribution in [0.4, 0.5) is 5.69 Å². The Balaban J connectivity index is 1.91. The van der Waals surface area contributed by atoms with E-state index in [0.717, 1.165) is 18.0 Å². The van der Waals surface area contributed by atoms with E-state index in [1.807, 2.05) is 19.1 Å². The minimum Gasteiger partial charge on any atom is -0.494 e. The second-order valence-electron chi connectivity index (χ2n) is 5.21. The van der Waals surface area contributed by atoms with Gasteiger partial charge in [0.1, 0.15) is 5.75 Å². The second-order valence-corrected chi connectivity index (χ2v) is 5.21. The van der Waals surface area contributed by atoms with Crippen molar-refractivity contribution in [2.75, 3.05) is 11.9 Å². The lowest BCUT2D eigenvalue weighted by molar-refractivity contribution is 0.340. The molecule has 0 heterocycles. The van der Waals surface area contributed by atoms with Crippen LogP contribution in [0.1, 0.15) is 37.8 Å². The Morgan fingerprint density at radius 1 is 0.950 bits per heavy atom. The maximum absolute atomic E-state index is 5.44. The average Bonchev–Trinajstić information content (AvgIpc) is 2.47. The van der Waals surface area contributed by atoms with Gasteiger partial charge in [-0.15, -0.1) is 0 Å². The zero-order valence-corrected chi connectivity index (χ0v) is 12.5. The monoisotopic (exact) mass is 269 g/mol. The molecular formula is C18H23NO. The van der Waals surface area contributed by atoms with Gasteiger partial charge in [0, 0.05) is 12.2 Å². The van der Waals surface area contributed by atoms with Crippen LogP contribution in [0.25, 0.3) is 0 Å². The fourth-order valence-electron chi connectivity index (χ4n) is 2.06. The van der Waals surface area contributed by atoms with E-state index in [4.69, 9.17) is 4.74 Å². The van der Waals surface area contributed by atoms with E-state index in [9.17, 15) is 0 Å². The molecule has 2 heteroatoms. The first-order valence-corrected chi connectivity index (χ1v) is 7.24. The van der Waals surface area contributed by atoms with Crippen LogP contribution >= 0.6 is 0 Å². The lowest BCUT2D eigenvalue weighted by Crippen LogP contribution is -2.00. The third kappa shape index (κ3) is 4.02. The van der Waals surface area contributed by atoms with Crippen LogP contribution in [-0.4, -0.2) is 6.61 Å². The van der Waals surface area contributed by atoms with Gasteiger partial charge in [-0.3, -0.25) is 0 Å². The highest BCUT2D eigenvalue weighted by atomic mass is 16.5. The van der Waals surface area contributed by atoms with Crippen molar-refractivity contribution in [1.82, 2.24) is 0 Å². The summed E-state index contributed by atoms with van der Waals surface area (Å²) in [6, 6.07) is 16.9. The summed E-state index contributed by atoms with van der Waals surface area (Å²) in [6.45, 7) is 7.95. The average molecular weight is 269 g/mol. The van der Waals surface area contributed by atoms with Gasteiger partial charge in [0.15, 0.2) is 0 Å². The molecule has 0 aliphatic rings. The van der Waals surface area contributed by atoms with Crippen LogP contribution < -0.4 is 10.1 Å². The maximum Gasteiger partial charge on any atom is 0.119 e. The van der Waals surface area contributed by atoms with Crippen molar-refractivity contribution in [2.24, 2.45) is 0 Å². The molecule has 0 saturated carbocycles. The molecule has 2 aromatic rings. The van der Waals surface area contributed by atoms with Crippen molar-refractivity contribution in [3.05, 3.63) is 59.7 Å². The van der Waals surface area contributed by atoms with Gasteiger partial charge >= 0.3 is 0 Å². The quantitative estimate of drug-likeness (QED) is 0.811. The number of benzene rings is 2. The topological polar surface area (TPSA) is 21.3 Å². The van der Waals surface area contributed by atoms with Crippen molar-refractivity contribution in [3.63, 3.8) is 0 Å². The predicted octanol–water partition coefficient (Wildman–Crippen LogP) is 4.82. The largest absolute Gasteiger partial charge is 0.494 e. The molecule has 0 amide bonds. The first-order valence-electron chi connectivity index (χ1n) is 7.24. The number of hydrogen-bond donors (Lipinski definition) is 1. The van der Waals surface area contributed by atoms with Crippen molar-refractivity contribution in [3.8, 4) is 5.75 Å². The molecule has 0 fully saturated rings. The standard InChI is InChI=1S/C18H23NO/c1-4-20-18-11-5-15(6-12-18)13-19-17-9-7-16(8-10-17)14(2)3/h5-12,14,19H,4,13H2,1-3H3. The molecule has 0 aliphatic heterocycles. The van der Waals surface area contributed by atoms with E-state index in [1.165, 1.54) is 11.1 Å². The molecule has 0 saturated heterocycles. The van der Waals surface area contributed by atoms with Gasteiger partial charge in [-0.25, -0.2) is 0 Å². The summed E-state index contributed by atoms with van der Waals surface area (Å²) in [7, 11) is 0. The normalized spacial score (nSPS) is 10.6. The third-order valence-electron chi connectivity index (χ3n) is 3.31. The van der Waals surface area contributed by atoms with E-state index in [1.54, 1.807) is 0 Å². The minimum atomic E-state index is 0.579. The molecule has 2 rings (SSSR count). The van der Waals surface area contributed by atoms with Gasteiger partial charge in [0.25, 0.3) is 0 Å². The predicted molar refractivity (Wildman–Crippen MR) is 85.5 cm³/mol. The van der Waals surface area contributed by atoms with Gasteiger partial charge in [0.2, 0.25) is 0 Å². The molecule has 0 atom stereocenters. The Kier molecular flexibility index (Phi) is 5.05.